The molecule has 2 saturated carbocycles. The van der Waals surface area contributed by atoms with Crippen molar-refractivity contribution in [2.75, 3.05) is 40.4 Å². The van der Waals surface area contributed by atoms with Gasteiger partial charge in [-0.3, -0.25) is 9.59 Å². The number of ether oxygens (including phenoxy) is 2. The van der Waals surface area contributed by atoms with Crippen LogP contribution in [-0.4, -0.2) is 86.6 Å². The lowest BCUT2D eigenvalue weighted by molar-refractivity contribution is -0.149. The van der Waals surface area contributed by atoms with Crippen molar-refractivity contribution >= 4 is 11.8 Å². The Morgan fingerprint density at radius 1 is 0.714 bits per heavy atom. The van der Waals surface area contributed by atoms with Gasteiger partial charge in [-0.05, 0) is 25.7 Å². The van der Waals surface area contributed by atoms with Crippen molar-refractivity contribution in [1.82, 2.24) is 9.80 Å². The minimum absolute atomic E-state index is 0.115. The molecule has 3 fully saturated rings. The van der Waals surface area contributed by atoms with Crippen molar-refractivity contribution in [2.24, 2.45) is 11.8 Å². The van der Waals surface area contributed by atoms with Gasteiger partial charge in [-0.1, -0.05) is 0 Å². The largest absolute Gasteiger partial charge is 0.381 e. The topological polar surface area (TPSA) is 59.1 Å². The highest BCUT2D eigenvalue weighted by atomic mass is 19.1. The molecule has 0 bridgehead atoms. The molecule has 3 rings (SSSR count). The maximum absolute atomic E-state index is 14.4. The molecular formula is C20H32F2N2O4. The van der Waals surface area contributed by atoms with Gasteiger partial charge in [0, 0.05) is 53.2 Å². The first-order chi connectivity index (χ1) is 13.4. The number of hydrogen-bond acceptors (Lipinski definition) is 4. The Hall–Kier alpha value is -1.28. The molecule has 160 valence electrons. The second-order valence-corrected chi connectivity index (χ2v) is 8.24. The molecule has 1 saturated heterocycles. The Morgan fingerprint density at radius 2 is 1.07 bits per heavy atom. The Labute approximate surface area is 165 Å². The van der Waals surface area contributed by atoms with E-state index in [-0.39, 0.29) is 36.9 Å². The van der Waals surface area contributed by atoms with Gasteiger partial charge in [0.25, 0.3) is 0 Å². The SMILES string of the molecule is COC1CCC(C(=O)N2CCN(C(=O)C3CCC(OC)CC3F)CC2)C(F)C1. The van der Waals surface area contributed by atoms with Gasteiger partial charge in [-0.15, -0.1) is 0 Å². The van der Waals surface area contributed by atoms with Gasteiger partial charge in [-0.25, -0.2) is 8.78 Å². The van der Waals surface area contributed by atoms with Crippen LogP contribution in [0.2, 0.25) is 0 Å². The Kier molecular flexibility index (Phi) is 7.25. The first kappa shape index (κ1) is 21.4. The number of carbonyl (C=O) groups excluding carboxylic acids is 2. The zero-order chi connectivity index (χ0) is 20.3. The summed E-state index contributed by atoms with van der Waals surface area (Å²) in [5.41, 5.74) is 0. The van der Waals surface area contributed by atoms with Gasteiger partial charge < -0.3 is 19.3 Å². The van der Waals surface area contributed by atoms with E-state index in [4.69, 9.17) is 9.47 Å². The van der Waals surface area contributed by atoms with E-state index in [1.54, 1.807) is 24.0 Å². The minimum atomic E-state index is -1.19. The van der Waals surface area contributed by atoms with Gasteiger partial charge in [-0.2, -0.15) is 0 Å². The summed E-state index contributed by atoms with van der Waals surface area (Å²) in [6.07, 6.45) is 0.268. The molecule has 0 radical (unpaired) electrons. The van der Waals surface area contributed by atoms with Crippen LogP contribution in [0.3, 0.4) is 0 Å². The van der Waals surface area contributed by atoms with Crippen LogP contribution < -0.4 is 0 Å². The third-order valence-corrected chi connectivity index (χ3v) is 6.65. The molecule has 6 nitrogen and oxygen atoms in total. The number of hydrogen-bond donors (Lipinski definition) is 0. The van der Waals surface area contributed by atoms with E-state index < -0.39 is 24.2 Å². The summed E-state index contributed by atoms with van der Waals surface area (Å²) < 4.78 is 39.2. The second-order valence-electron chi connectivity index (χ2n) is 8.24. The zero-order valence-corrected chi connectivity index (χ0v) is 16.8. The van der Waals surface area contributed by atoms with Gasteiger partial charge in [0.2, 0.25) is 11.8 Å². The fourth-order valence-electron chi connectivity index (χ4n) is 4.76. The average Bonchev–Trinajstić information content (AvgIpc) is 2.72. The fourth-order valence-corrected chi connectivity index (χ4v) is 4.76. The molecule has 6 atom stereocenters. The molecule has 3 aliphatic rings. The van der Waals surface area contributed by atoms with Crippen molar-refractivity contribution in [1.29, 1.82) is 0 Å². The summed E-state index contributed by atoms with van der Waals surface area (Å²) in [5.74, 6) is -1.57. The van der Waals surface area contributed by atoms with Crippen molar-refractivity contribution in [2.45, 2.75) is 63.1 Å². The van der Waals surface area contributed by atoms with Crippen LogP contribution in [0.5, 0.6) is 0 Å². The van der Waals surface area contributed by atoms with Crippen LogP contribution in [-0.2, 0) is 19.1 Å². The number of rotatable bonds is 4. The highest BCUT2D eigenvalue weighted by molar-refractivity contribution is 5.82. The lowest BCUT2D eigenvalue weighted by atomic mass is 9.84. The minimum Gasteiger partial charge on any atom is -0.381 e. The van der Waals surface area contributed by atoms with E-state index >= 15 is 0 Å². The molecule has 0 aromatic heterocycles. The quantitative estimate of drug-likeness (QED) is 0.721. The highest BCUT2D eigenvalue weighted by Crippen LogP contribution is 2.32. The van der Waals surface area contributed by atoms with E-state index in [1.165, 1.54) is 0 Å². The van der Waals surface area contributed by atoms with E-state index in [0.717, 1.165) is 0 Å². The van der Waals surface area contributed by atoms with Crippen LogP contribution in [0.25, 0.3) is 0 Å². The molecule has 1 aliphatic heterocycles. The molecular weight excluding hydrogens is 370 g/mol. The molecule has 2 amide bonds. The zero-order valence-electron chi connectivity index (χ0n) is 16.8. The van der Waals surface area contributed by atoms with Crippen molar-refractivity contribution < 1.29 is 27.8 Å². The number of nitrogens with zero attached hydrogens (tertiary/aromatic N) is 2. The number of carbonyl (C=O) groups is 2. The summed E-state index contributed by atoms with van der Waals surface area (Å²) in [6.45, 7) is 1.52. The second kappa shape index (κ2) is 9.48. The third kappa shape index (κ3) is 4.64. The maximum Gasteiger partial charge on any atom is 0.228 e. The van der Waals surface area contributed by atoms with Gasteiger partial charge in [0.1, 0.15) is 12.3 Å². The highest BCUT2D eigenvalue weighted by Gasteiger charge is 2.41. The predicted octanol–water partition coefficient (Wildman–Crippen LogP) is 1.96. The van der Waals surface area contributed by atoms with Crippen LogP contribution in [0, 0.1) is 11.8 Å². The smallest absolute Gasteiger partial charge is 0.228 e. The van der Waals surface area contributed by atoms with Crippen molar-refractivity contribution in [3.63, 3.8) is 0 Å². The van der Waals surface area contributed by atoms with Crippen LogP contribution >= 0.6 is 0 Å². The van der Waals surface area contributed by atoms with Crippen molar-refractivity contribution in [3.05, 3.63) is 0 Å². The normalized spacial score (nSPS) is 37.0. The van der Waals surface area contributed by atoms with Gasteiger partial charge in [0.15, 0.2) is 0 Å². The summed E-state index contributed by atoms with van der Waals surface area (Å²) in [5, 5.41) is 0. The van der Waals surface area contributed by atoms with Gasteiger partial charge in [0.05, 0.1) is 24.0 Å². The van der Waals surface area contributed by atoms with E-state index in [9.17, 15) is 18.4 Å². The molecule has 0 N–H and O–H groups in total. The van der Waals surface area contributed by atoms with Crippen LogP contribution in [0.1, 0.15) is 38.5 Å². The predicted molar refractivity (Wildman–Crippen MR) is 99.2 cm³/mol. The molecule has 0 spiro atoms. The summed E-state index contributed by atoms with van der Waals surface area (Å²) in [4.78, 5) is 28.8. The molecule has 6 unspecified atom stereocenters. The fraction of sp³-hybridized carbons (Fsp3) is 0.900. The summed E-state index contributed by atoms with van der Waals surface area (Å²) in [7, 11) is 3.14. The van der Waals surface area contributed by atoms with Gasteiger partial charge >= 0.3 is 0 Å². The Morgan fingerprint density at radius 3 is 1.36 bits per heavy atom. The number of alkyl halides is 2. The maximum atomic E-state index is 14.4. The van der Waals surface area contributed by atoms with Crippen LogP contribution in [0.4, 0.5) is 8.78 Å². The standard InChI is InChI=1S/C20H32F2N2O4/c1-27-13-3-5-15(17(21)11-13)19(25)23-7-9-24(10-8-23)20(26)16-6-4-14(28-2)12-18(16)22/h13-18H,3-12H2,1-2H3. The summed E-state index contributed by atoms with van der Waals surface area (Å²) >= 11 is 0. The molecule has 28 heavy (non-hydrogen) atoms. The van der Waals surface area contributed by atoms with E-state index in [2.05, 4.69) is 0 Å². The number of amides is 2. The molecule has 1 heterocycles. The number of piperazine rings is 1. The molecule has 2 aliphatic carbocycles. The summed E-state index contributed by atoms with van der Waals surface area (Å²) in [6, 6.07) is 0. The first-order valence-corrected chi connectivity index (χ1v) is 10.4. The Balaban J connectivity index is 1.49. The van der Waals surface area contributed by atoms with Crippen molar-refractivity contribution in [3.8, 4) is 0 Å². The lowest BCUT2D eigenvalue weighted by Gasteiger charge is -2.40. The van der Waals surface area contributed by atoms with E-state index in [1.807, 2.05) is 0 Å². The molecule has 0 aromatic rings. The van der Waals surface area contributed by atoms with Crippen LogP contribution in [0.15, 0.2) is 0 Å². The number of methoxy groups -OCH3 is 2. The molecule has 0 aromatic carbocycles. The Bertz CT molecular complexity index is 508. The monoisotopic (exact) mass is 402 g/mol. The first-order valence-electron chi connectivity index (χ1n) is 10.4. The third-order valence-electron chi connectivity index (χ3n) is 6.65. The van der Waals surface area contributed by atoms with E-state index in [0.29, 0.717) is 51.9 Å². The average molecular weight is 402 g/mol. The lowest BCUT2D eigenvalue weighted by Crippen LogP contribution is -2.55. The number of halogens is 2. The molecule has 8 heteroatoms.